The van der Waals surface area contributed by atoms with Gasteiger partial charge in [-0.05, 0) is 29.7 Å². The number of hydrogen-bond acceptors (Lipinski definition) is 7. The quantitative estimate of drug-likeness (QED) is 0.0758. The fraction of sp³-hybridized carbons (Fsp3) is 0.250. The Bertz CT molecular complexity index is 1900. The first kappa shape index (κ1) is 32.4. The maximum atomic E-state index is 13.5. The molecule has 0 fully saturated rings. The minimum atomic E-state index is -1.47. The Hall–Kier alpha value is -5.96. The van der Waals surface area contributed by atoms with Gasteiger partial charge < -0.3 is 47.5 Å². The number of benzene rings is 2. The van der Waals surface area contributed by atoms with Crippen molar-refractivity contribution in [3.8, 4) is 0 Å². The van der Waals surface area contributed by atoms with Crippen LogP contribution in [0.5, 0.6) is 0 Å². The van der Waals surface area contributed by atoms with E-state index in [2.05, 4.69) is 35.9 Å². The van der Waals surface area contributed by atoms with Crippen molar-refractivity contribution in [2.75, 3.05) is 0 Å². The number of fused-ring (bicyclic) bond motifs is 2. The number of amides is 4. The number of carboxylic acid groups (broad SMARTS) is 1. The van der Waals surface area contributed by atoms with Gasteiger partial charge >= 0.3 is 5.97 Å². The molecule has 47 heavy (non-hydrogen) atoms. The molecule has 0 radical (unpaired) electrons. The third kappa shape index (κ3) is 8.01. The van der Waals surface area contributed by atoms with Crippen LogP contribution in [0.2, 0.25) is 0 Å². The number of nitrogens with one attached hydrogen (secondary N) is 6. The number of H-pyrrole nitrogens is 3. The molecule has 0 spiro atoms. The van der Waals surface area contributed by atoms with Crippen LogP contribution in [0.1, 0.15) is 23.2 Å². The summed E-state index contributed by atoms with van der Waals surface area (Å²) in [6.45, 7) is 0. The molecule has 4 amide bonds. The summed E-state index contributed by atoms with van der Waals surface area (Å²) in [5, 5.41) is 19.2. The standard InChI is InChI=1S/C32H35N9O6/c33-22(9-17-13-36-23-7-3-1-5-20(17)23)29(43)39-26(12-28(34)42)31(45)40-25(11-19-15-35-16-38-19)30(44)41-27(32(46)47)10-18-14-37-24-8-4-2-6-21(18)24/h1-8,13-16,22,25-27,36-37H,9-12,33H2,(H2,34,42)(H,35,38)(H,39,43)(H,40,45)(H,41,44)(H,46,47). The number of primary amides is 1. The number of aromatic amines is 3. The Kier molecular flexibility index (Phi) is 9.96. The van der Waals surface area contributed by atoms with Crippen molar-refractivity contribution >= 4 is 51.4 Å². The van der Waals surface area contributed by atoms with Crippen LogP contribution in [0.4, 0.5) is 0 Å². The first-order valence-electron chi connectivity index (χ1n) is 14.8. The molecule has 11 N–H and O–H groups in total. The zero-order chi connectivity index (χ0) is 33.5. The number of rotatable bonds is 15. The van der Waals surface area contributed by atoms with Crippen LogP contribution in [-0.4, -0.2) is 78.8 Å². The van der Waals surface area contributed by atoms with E-state index < -0.39 is 60.2 Å². The Balaban J connectivity index is 1.29. The van der Waals surface area contributed by atoms with Gasteiger partial charge in [-0.25, -0.2) is 9.78 Å². The van der Waals surface area contributed by atoms with Gasteiger partial charge in [0.2, 0.25) is 23.6 Å². The summed E-state index contributed by atoms with van der Waals surface area (Å²) in [5.74, 6) is -4.57. The number of aliphatic carboxylic acids is 1. The van der Waals surface area contributed by atoms with E-state index in [-0.39, 0.29) is 19.3 Å². The molecule has 0 aliphatic heterocycles. The number of carbonyl (C=O) groups is 5. The number of carboxylic acids is 1. The maximum Gasteiger partial charge on any atom is 0.326 e. The van der Waals surface area contributed by atoms with E-state index in [1.54, 1.807) is 12.4 Å². The summed E-state index contributed by atoms with van der Waals surface area (Å²) >= 11 is 0. The van der Waals surface area contributed by atoms with Gasteiger partial charge in [0, 0.05) is 58.9 Å². The number of nitrogens with zero attached hydrogens (tertiary/aromatic N) is 1. The van der Waals surface area contributed by atoms with Gasteiger partial charge in [-0.3, -0.25) is 19.2 Å². The Morgan fingerprint density at radius 3 is 1.85 bits per heavy atom. The fourth-order valence-electron chi connectivity index (χ4n) is 5.41. The number of imidazole rings is 1. The molecular weight excluding hydrogens is 606 g/mol. The first-order valence-corrected chi connectivity index (χ1v) is 14.8. The average molecular weight is 642 g/mol. The highest BCUT2D eigenvalue weighted by Crippen LogP contribution is 2.20. The van der Waals surface area contributed by atoms with Crippen LogP contribution in [0, 0.1) is 0 Å². The third-order valence-electron chi connectivity index (χ3n) is 7.82. The lowest BCUT2D eigenvalue weighted by Crippen LogP contribution is -2.58. The molecule has 3 aromatic heterocycles. The van der Waals surface area contributed by atoms with E-state index in [1.807, 2.05) is 48.5 Å². The molecule has 5 rings (SSSR count). The Labute approximate surface area is 267 Å². The molecule has 5 aromatic rings. The van der Waals surface area contributed by atoms with Gasteiger partial charge in [0.15, 0.2) is 0 Å². The molecule has 4 atom stereocenters. The van der Waals surface area contributed by atoms with Crippen molar-refractivity contribution < 1.29 is 29.1 Å². The van der Waals surface area contributed by atoms with Crippen molar-refractivity contribution in [2.24, 2.45) is 11.5 Å². The summed E-state index contributed by atoms with van der Waals surface area (Å²) in [6.07, 6.45) is 5.67. The summed E-state index contributed by atoms with van der Waals surface area (Å²) in [4.78, 5) is 77.2. The van der Waals surface area contributed by atoms with E-state index in [0.717, 1.165) is 27.4 Å². The second-order valence-corrected chi connectivity index (χ2v) is 11.2. The molecule has 0 saturated carbocycles. The molecule has 0 saturated heterocycles. The molecular formula is C32H35N9O6. The normalized spacial score (nSPS) is 13.8. The number of para-hydroxylation sites is 2. The minimum Gasteiger partial charge on any atom is -0.480 e. The molecule has 15 heteroatoms. The second-order valence-electron chi connectivity index (χ2n) is 11.2. The third-order valence-corrected chi connectivity index (χ3v) is 7.82. The minimum absolute atomic E-state index is 0.0372. The van der Waals surface area contributed by atoms with Crippen molar-refractivity contribution in [1.82, 2.24) is 35.9 Å². The van der Waals surface area contributed by atoms with Crippen molar-refractivity contribution in [1.29, 1.82) is 0 Å². The largest absolute Gasteiger partial charge is 0.480 e. The van der Waals surface area contributed by atoms with E-state index >= 15 is 0 Å². The molecule has 0 aliphatic rings. The number of hydrogen-bond donors (Lipinski definition) is 9. The lowest BCUT2D eigenvalue weighted by Gasteiger charge is -2.24. The SMILES string of the molecule is NC(=O)CC(NC(=O)C(N)Cc1c[nH]c2ccccc12)C(=O)NC(Cc1cnc[nH]1)C(=O)NC(Cc1c[nH]c2ccccc12)C(=O)O. The van der Waals surface area contributed by atoms with Gasteiger partial charge in [-0.15, -0.1) is 0 Å². The van der Waals surface area contributed by atoms with Gasteiger partial charge in [0.1, 0.15) is 18.1 Å². The Morgan fingerprint density at radius 1 is 0.723 bits per heavy atom. The molecule has 244 valence electrons. The van der Waals surface area contributed by atoms with Gasteiger partial charge in [0.05, 0.1) is 18.8 Å². The van der Waals surface area contributed by atoms with Crippen molar-refractivity contribution in [2.45, 2.75) is 49.9 Å². The number of nitrogens with two attached hydrogens (primary N) is 2. The van der Waals surface area contributed by atoms with E-state index in [1.165, 1.54) is 12.5 Å². The van der Waals surface area contributed by atoms with Gasteiger partial charge in [-0.1, -0.05) is 36.4 Å². The first-order chi connectivity index (χ1) is 22.6. The zero-order valence-electron chi connectivity index (χ0n) is 25.2. The van der Waals surface area contributed by atoms with Crippen LogP contribution >= 0.6 is 0 Å². The topological polar surface area (TPSA) is 254 Å². The summed E-state index contributed by atoms with van der Waals surface area (Å²) < 4.78 is 0. The fourth-order valence-corrected chi connectivity index (χ4v) is 5.41. The van der Waals surface area contributed by atoms with Crippen LogP contribution in [0.15, 0.2) is 73.4 Å². The zero-order valence-corrected chi connectivity index (χ0v) is 25.2. The lowest BCUT2D eigenvalue weighted by molar-refractivity contribution is -0.142. The predicted molar refractivity (Wildman–Crippen MR) is 172 cm³/mol. The highest BCUT2D eigenvalue weighted by Gasteiger charge is 2.32. The average Bonchev–Trinajstić information content (AvgIpc) is 3.81. The molecule has 0 aliphatic carbocycles. The van der Waals surface area contributed by atoms with Crippen molar-refractivity contribution in [3.05, 3.63) is 90.3 Å². The van der Waals surface area contributed by atoms with Crippen LogP contribution < -0.4 is 27.4 Å². The van der Waals surface area contributed by atoms with Crippen LogP contribution in [0.25, 0.3) is 21.8 Å². The second kappa shape index (κ2) is 14.4. The van der Waals surface area contributed by atoms with Crippen molar-refractivity contribution in [3.63, 3.8) is 0 Å². The Morgan fingerprint density at radius 2 is 1.28 bits per heavy atom. The van der Waals surface area contributed by atoms with E-state index in [0.29, 0.717) is 11.3 Å². The summed E-state index contributed by atoms with van der Waals surface area (Å²) in [6, 6.07) is 9.63. The predicted octanol–water partition coefficient (Wildman–Crippen LogP) is 0.142. The highest BCUT2D eigenvalue weighted by atomic mass is 16.4. The smallest absolute Gasteiger partial charge is 0.326 e. The monoisotopic (exact) mass is 641 g/mol. The maximum absolute atomic E-state index is 13.5. The summed E-state index contributed by atoms with van der Waals surface area (Å²) in [5.41, 5.74) is 15.2. The molecule has 2 aromatic carbocycles. The van der Waals surface area contributed by atoms with Crippen LogP contribution in [-0.2, 0) is 43.2 Å². The molecule has 3 heterocycles. The molecule has 4 unspecified atom stereocenters. The summed E-state index contributed by atoms with van der Waals surface area (Å²) in [7, 11) is 0. The van der Waals surface area contributed by atoms with Gasteiger partial charge in [-0.2, -0.15) is 0 Å². The molecule has 0 bridgehead atoms. The number of aromatic nitrogens is 4. The van der Waals surface area contributed by atoms with Crippen LogP contribution in [0.3, 0.4) is 0 Å². The lowest BCUT2D eigenvalue weighted by atomic mass is 10.0. The van der Waals surface area contributed by atoms with E-state index in [4.69, 9.17) is 11.5 Å². The number of carbonyl (C=O) groups excluding carboxylic acids is 4. The molecule has 15 nitrogen and oxygen atoms in total. The van der Waals surface area contributed by atoms with Gasteiger partial charge in [0.25, 0.3) is 0 Å². The van der Waals surface area contributed by atoms with E-state index in [9.17, 15) is 29.1 Å². The highest BCUT2D eigenvalue weighted by molar-refractivity contribution is 5.96.